The van der Waals surface area contributed by atoms with Crippen molar-refractivity contribution in [3.8, 4) is 0 Å². The van der Waals surface area contributed by atoms with Gasteiger partial charge in [0, 0.05) is 36.7 Å². The van der Waals surface area contributed by atoms with Crippen molar-refractivity contribution in [2.24, 2.45) is 0 Å². The number of hydrogen-bond donors (Lipinski definition) is 1. The van der Waals surface area contributed by atoms with Crippen molar-refractivity contribution in [2.45, 2.75) is 44.9 Å². The van der Waals surface area contributed by atoms with Gasteiger partial charge in [-0.05, 0) is 17.7 Å². The van der Waals surface area contributed by atoms with Crippen LogP contribution in [0.1, 0.15) is 49.7 Å². The monoisotopic (exact) mass is 378 g/mol. The fourth-order valence-corrected chi connectivity index (χ4v) is 2.86. The van der Waals surface area contributed by atoms with E-state index in [-0.39, 0.29) is 17.2 Å². The fourth-order valence-electron chi connectivity index (χ4n) is 2.86. The number of nitrogens with zero attached hydrogens (tertiary/aromatic N) is 3. The maximum Gasteiger partial charge on any atom is 0.232 e. The van der Waals surface area contributed by atoms with Gasteiger partial charge in [-0.2, -0.15) is 4.98 Å². The Morgan fingerprint density at radius 3 is 2.50 bits per heavy atom. The van der Waals surface area contributed by atoms with Gasteiger partial charge >= 0.3 is 0 Å². The maximum atomic E-state index is 12.9. The predicted octanol–water partition coefficient (Wildman–Crippen LogP) is 3.45. The van der Waals surface area contributed by atoms with E-state index in [9.17, 15) is 4.79 Å². The highest BCUT2D eigenvalue weighted by Crippen LogP contribution is 2.21. The van der Waals surface area contributed by atoms with Gasteiger partial charge in [-0.25, -0.2) is 0 Å². The molecule has 0 aliphatic heterocycles. The number of amides is 1. The minimum absolute atomic E-state index is 0.0311. The molecular weight excluding hydrogens is 352 g/mol. The van der Waals surface area contributed by atoms with Crippen LogP contribution in [0.3, 0.4) is 0 Å². The Labute approximate surface area is 165 Å². The summed E-state index contributed by atoms with van der Waals surface area (Å²) in [5.41, 5.74) is 1.68. The van der Waals surface area contributed by atoms with Crippen molar-refractivity contribution >= 4 is 5.91 Å². The summed E-state index contributed by atoms with van der Waals surface area (Å²) in [7, 11) is 0. The third-order valence-electron chi connectivity index (χ3n) is 4.42. The molecule has 0 spiro atoms. The average Bonchev–Trinajstić information content (AvgIpc) is 3.17. The van der Waals surface area contributed by atoms with Crippen LogP contribution in [-0.2, 0) is 23.1 Å². The van der Waals surface area contributed by atoms with E-state index in [1.165, 1.54) is 0 Å². The number of rotatable bonds is 7. The molecule has 6 heteroatoms. The molecule has 0 aliphatic carbocycles. The molecule has 28 heavy (non-hydrogen) atoms. The minimum Gasteiger partial charge on any atom is -0.355 e. The van der Waals surface area contributed by atoms with Crippen molar-refractivity contribution in [2.75, 3.05) is 6.54 Å². The lowest BCUT2D eigenvalue weighted by Gasteiger charge is -2.17. The van der Waals surface area contributed by atoms with Crippen molar-refractivity contribution in [1.29, 1.82) is 0 Å². The normalized spacial score (nSPS) is 12.5. The smallest absolute Gasteiger partial charge is 0.232 e. The third-order valence-corrected chi connectivity index (χ3v) is 4.42. The SMILES string of the molecule is CC(C)(C)c1nc(CCNC(=O)C(Cc2ccccn2)c2ccccc2)no1. The molecule has 0 saturated heterocycles. The highest BCUT2D eigenvalue weighted by molar-refractivity contribution is 5.83. The number of carbonyl (C=O) groups excluding carboxylic acids is 1. The van der Waals surface area contributed by atoms with Gasteiger partial charge in [0.25, 0.3) is 0 Å². The first-order valence-electron chi connectivity index (χ1n) is 9.49. The van der Waals surface area contributed by atoms with Crippen molar-refractivity contribution in [3.05, 3.63) is 77.7 Å². The standard InChI is InChI=1S/C22H26N4O2/c1-22(2,3)21-25-19(26-28-21)12-14-24-20(27)18(16-9-5-4-6-10-16)15-17-11-7-8-13-23-17/h4-11,13,18H,12,14-15H2,1-3H3,(H,24,27). The Balaban J connectivity index is 1.64. The lowest BCUT2D eigenvalue weighted by molar-refractivity contribution is -0.122. The second kappa shape index (κ2) is 8.78. The van der Waals surface area contributed by atoms with Crippen molar-refractivity contribution in [1.82, 2.24) is 20.4 Å². The number of hydrogen-bond acceptors (Lipinski definition) is 5. The summed E-state index contributed by atoms with van der Waals surface area (Å²) in [5.74, 6) is 0.875. The van der Waals surface area contributed by atoms with Gasteiger partial charge in [0.05, 0.1) is 5.92 Å². The van der Waals surface area contributed by atoms with Gasteiger partial charge in [0.1, 0.15) is 0 Å². The first-order valence-corrected chi connectivity index (χ1v) is 9.49. The summed E-state index contributed by atoms with van der Waals surface area (Å²) in [5, 5.41) is 7.01. The van der Waals surface area contributed by atoms with E-state index in [2.05, 4.69) is 20.4 Å². The third kappa shape index (κ3) is 5.25. The Morgan fingerprint density at radius 1 is 1.11 bits per heavy atom. The van der Waals surface area contributed by atoms with E-state index >= 15 is 0 Å². The molecule has 146 valence electrons. The van der Waals surface area contributed by atoms with Gasteiger partial charge < -0.3 is 9.84 Å². The van der Waals surface area contributed by atoms with Crippen LogP contribution in [0.25, 0.3) is 0 Å². The van der Waals surface area contributed by atoms with Gasteiger partial charge in [-0.15, -0.1) is 0 Å². The quantitative estimate of drug-likeness (QED) is 0.681. The number of pyridine rings is 1. The molecule has 1 aromatic carbocycles. The zero-order valence-corrected chi connectivity index (χ0v) is 16.6. The van der Waals surface area contributed by atoms with Crippen LogP contribution in [0, 0.1) is 0 Å². The average molecular weight is 378 g/mol. The maximum absolute atomic E-state index is 12.9. The summed E-state index contributed by atoms with van der Waals surface area (Å²) in [4.78, 5) is 21.7. The molecule has 2 heterocycles. The minimum atomic E-state index is -0.300. The topological polar surface area (TPSA) is 80.9 Å². The Kier molecular flexibility index (Phi) is 6.19. The summed E-state index contributed by atoms with van der Waals surface area (Å²) in [6, 6.07) is 15.5. The lowest BCUT2D eigenvalue weighted by Crippen LogP contribution is -2.32. The van der Waals surface area contributed by atoms with E-state index in [1.54, 1.807) is 6.20 Å². The molecule has 3 rings (SSSR count). The number of carbonyl (C=O) groups is 1. The van der Waals surface area contributed by atoms with E-state index < -0.39 is 0 Å². The first-order chi connectivity index (χ1) is 13.4. The summed E-state index contributed by atoms with van der Waals surface area (Å²) in [6.07, 6.45) is 2.82. The first kappa shape index (κ1) is 19.7. The lowest BCUT2D eigenvalue weighted by atomic mass is 9.93. The molecule has 0 fully saturated rings. The molecule has 2 aromatic heterocycles. The molecule has 1 N–H and O–H groups in total. The highest BCUT2D eigenvalue weighted by atomic mass is 16.5. The van der Waals surface area contributed by atoms with Gasteiger partial charge in [0.2, 0.25) is 11.8 Å². The molecule has 0 saturated carbocycles. The largest absolute Gasteiger partial charge is 0.355 e. The molecule has 0 radical (unpaired) electrons. The Hall–Kier alpha value is -3.02. The molecule has 1 amide bonds. The Bertz CT molecular complexity index is 886. The van der Waals surface area contributed by atoms with Crippen LogP contribution in [-0.4, -0.2) is 27.6 Å². The van der Waals surface area contributed by atoms with Crippen LogP contribution in [0.15, 0.2) is 59.3 Å². The van der Waals surface area contributed by atoms with E-state index in [1.807, 2.05) is 69.3 Å². The second-order valence-corrected chi connectivity index (χ2v) is 7.80. The van der Waals surface area contributed by atoms with E-state index in [4.69, 9.17) is 4.52 Å². The zero-order valence-electron chi connectivity index (χ0n) is 16.6. The Morgan fingerprint density at radius 2 is 1.86 bits per heavy atom. The van der Waals surface area contributed by atoms with Crippen LogP contribution in [0.4, 0.5) is 0 Å². The zero-order chi connectivity index (χ0) is 20.0. The number of benzene rings is 1. The summed E-state index contributed by atoms with van der Waals surface area (Å²) >= 11 is 0. The van der Waals surface area contributed by atoms with E-state index in [0.717, 1.165) is 11.3 Å². The van der Waals surface area contributed by atoms with Crippen LogP contribution in [0.2, 0.25) is 0 Å². The predicted molar refractivity (Wildman–Crippen MR) is 107 cm³/mol. The van der Waals surface area contributed by atoms with Gasteiger partial charge in [-0.3, -0.25) is 9.78 Å². The molecule has 1 unspecified atom stereocenters. The molecule has 1 atom stereocenters. The molecule has 0 aliphatic rings. The second-order valence-electron chi connectivity index (χ2n) is 7.80. The van der Waals surface area contributed by atoms with Crippen LogP contribution in [0.5, 0.6) is 0 Å². The number of nitrogens with one attached hydrogen (secondary N) is 1. The fraction of sp³-hybridized carbons (Fsp3) is 0.364. The van der Waals surface area contributed by atoms with E-state index in [0.29, 0.717) is 31.1 Å². The van der Waals surface area contributed by atoms with Gasteiger partial charge in [-0.1, -0.05) is 62.3 Å². The molecule has 6 nitrogen and oxygen atoms in total. The van der Waals surface area contributed by atoms with Crippen molar-refractivity contribution in [3.63, 3.8) is 0 Å². The summed E-state index contributed by atoms with van der Waals surface area (Å²) < 4.78 is 5.30. The molecular formula is C22H26N4O2. The highest BCUT2D eigenvalue weighted by Gasteiger charge is 2.23. The number of aromatic nitrogens is 3. The van der Waals surface area contributed by atoms with Crippen LogP contribution < -0.4 is 5.32 Å². The van der Waals surface area contributed by atoms with Crippen LogP contribution >= 0.6 is 0 Å². The summed E-state index contributed by atoms with van der Waals surface area (Å²) in [6.45, 7) is 6.52. The molecule has 0 bridgehead atoms. The van der Waals surface area contributed by atoms with Gasteiger partial charge in [0.15, 0.2) is 5.82 Å². The molecule has 3 aromatic rings. The van der Waals surface area contributed by atoms with Crippen molar-refractivity contribution < 1.29 is 9.32 Å².